The minimum Gasteiger partial charge on any atom is -0.262 e. The average Bonchev–Trinajstić information content (AvgIpc) is 3.18. The maximum atomic E-state index is 12.7. The highest BCUT2D eigenvalue weighted by molar-refractivity contribution is 6.41. The van der Waals surface area contributed by atoms with Gasteiger partial charge in [-0.1, -0.05) is 55.4 Å². The van der Waals surface area contributed by atoms with Crippen molar-refractivity contribution in [1.82, 2.24) is 9.35 Å². The molecule has 0 bridgehead atoms. The van der Waals surface area contributed by atoms with Crippen LogP contribution in [0, 0.1) is 0 Å². The summed E-state index contributed by atoms with van der Waals surface area (Å²) >= 11 is 0. The van der Waals surface area contributed by atoms with Crippen molar-refractivity contribution in [3.05, 3.63) is 47.0 Å². The Hall–Kier alpha value is -2.50. The van der Waals surface area contributed by atoms with Gasteiger partial charge in [0, 0.05) is 22.8 Å². The van der Waals surface area contributed by atoms with Crippen LogP contribution >= 0.6 is 0 Å². The Morgan fingerprint density at radius 3 is 0.964 bits per heavy atom. The van der Waals surface area contributed by atoms with Gasteiger partial charge in [-0.3, -0.25) is 29.8 Å². The van der Waals surface area contributed by atoms with Gasteiger partial charge >= 0.3 is 11.8 Å². The van der Waals surface area contributed by atoms with Gasteiger partial charge in [0.05, 0.1) is 0 Å². The molecule has 2 N–H and O–H groups in total. The minimum absolute atomic E-state index is 0.223. The summed E-state index contributed by atoms with van der Waals surface area (Å²) in [6.07, 6.45) is 0. The highest BCUT2D eigenvalue weighted by Gasteiger charge is 2.22. The molecule has 0 atom stereocenters. The van der Waals surface area contributed by atoms with Gasteiger partial charge in [0.25, 0.3) is 0 Å². The third-order valence-corrected chi connectivity index (χ3v) is 4.88. The first-order valence-electron chi connectivity index (χ1n) is 10.1. The molecular formula is C22H34N4O2. The van der Waals surface area contributed by atoms with Crippen LogP contribution in [0.3, 0.4) is 0 Å². The second-order valence-electron chi connectivity index (χ2n) is 8.54. The zero-order valence-electron chi connectivity index (χ0n) is 18.3. The van der Waals surface area contributed by atoms with Gasteiger partial charge in [-0.25, -0.2) is 0 Å². The lowest BCUT2D eigenvalue weighted by Crippen LogP contribution is -2.40. The van der Waals surface area contributed by atoms with Crippen LogP contribution in [0.1, 0.15) is 102 Å². The summed E-state index contributed by atoms with van der Waals surface area (Å²) in [5.41, 5.74) is 9.44. The molecular weight excluding hydrogens is 352 g/mol. The van der Waals surface area contributed by atoms with Gasteiger partial charge in [0.2, 0.25) is 0 Å². The molecule has 0 unspecified atom stereocenters. The second-order valence-corrected chi connectivity index (χ2v) is 8.54. The number of carbonyl (C=O) groups is 2. The van der Waals surface area contributed by atoms with Crippen LogP contribution in [0.5, 0.6) is 0 Å². The van der Waals surface area contributed by atoms with Crippen molar-refractivity contribution in [3.63, 3.8) is 0 Å². The van der Waals surface area contributed by atoms with Gasteiger partial charge in [0.15, 0.2) is 0 Å². The summed E-state index contributed by atoms with van der Waals surface area (Å²) < 4.78 is 3.50. The first kappa shape index (κ1) is 21.8. The zero-order chi connectivity index (χ0) is 21.2. The molecule has 2 aromatic heterocycles. The molecule has 2 amide bonds. The van der Waals surface area contributed by atoms with Crippen LogP contribution in [0.2, 0.25) is 0 Å². The van der Waals surface area contributed by atoms with Crippen molar-refractivity contribution >= 4 is 11.8 Å². The summed E-state index contributed by atoms with van der Waals surface area (Å²) in [7, 11) is 0. The maximum absolute atomic E-state index is 12.7. The van der Waals surface area contributed by atoms with Crippen LogP contribution in [0.25, 0.3) is 0 Å². The van der Waals surface area contributed by atoms with Crippen molar-refractivity contribution in [2.45, 2.75) is 79.1 Å². The lowest BCUT2D eigenvalue weighted by molar-refractivity contribution is -0.134. The van der Waals surface area contributed by atoms with Crippen LogP contribution in [0.4, 0.5) is 0 Å². The summed E-state index contributed by atoms with van der Waals surface area (Å²) in [6.45, 7) is 16.5. The van der Waals surface area contributed by atoms with Gasteiger partial charge in [-0.05, 0) is 47.9 Å². The number of hydrogen-bond acceptors (Lipinski definition) is 2. The lowest BCUT2D eigenvalue weighted by atomic mass is 10.1. The maximum Gasteiger partial charge on any atom is 0.329 e. The Morgan fingerprint density at radius 2 is 0.786 bits per heavy atom. The summed E-state index contributed by atoms with van der Waals surface area (Å²) in [5, 5.41) is 0. The number of nitrogens with one attached hydrogen (secondary N) is 2. The van der Waals surface area contributed by atoms with E-state index in [9.17, 15) is 9.59 Å². The van der Waals surface area contributed by atoms with Gasteiger partial charge in [-0.15, -0.1) is 0 Å². The molecule has 2 aromatic rings. The predicted molar refractivity (Wildman–Crippen MR) is 114 cm³/mol. The van der Waals surface area contributed by atoms with Gasteiger partial charge in [-0.2, -0.15) is 0 Å². The molecule has 6 heteroatoms. The normalized spacial score (nSPS) is 11.7. The molecule has 0 aliphatic heterocycles. The lowest BCUT2D eigenvalue weighted by Gasteiger charge is -2.20. The topological polar surface area (TPSA) is 68.1 Å². The molecule has 0 saturated heterocycles. The molecule has 0 radical (unpaired) electrons. The van der Waals surface area contributed by atoms with Crippen LogP contribution in [0.15, 0.2) is 24.3 Å². The second kappa shape index (κ2) is 8.67. The van der Waals surface area contributed by atoms with Crippen LogP contribution < -0.4 is 10.9 Å². The van der Waals surface area contributed by atoms with E-state index in [1.54, 1.807) is 9.35 Å². The highest BCUT2D eigenvalue weighted by atomic mass is 16.2. The van der Waals surface area contributed by atoms with Crippen molar-refractivity contribution < 1.29 is 9.59 Å². The fourth-order valence-electron chi connectivity index (χ4n) is 3.30. The monoisotopic (exact) mass is 386 g/mol. The van der Waals surface area contributed by atoms with Crippen LogP contribution in [-0.4, -0.2) is 21.2 Å². The van der Waals surface area contributed by atoms with E-state index in [1.807, 2.05) is 24.3 Å². The van der Waals surface area contributed by atoms with E-state index in [2.05, 4.69) is 66.2 Å². The number of carbonyl (C=O) groups excluding carboxylic acids is 2. The smallest absolute Gasteiger partial charge is 0.262 e. The third kappa shape index (κ3) is 4.49. The Balaban J connectivity index is 2.27. The number of nitrogens with zero attached hydrogens (tertiary/aromatic N) is 2. The predicted octanol–water partition coefficient (Wildman–Crippen LogP) is 4.62. The summed E-state index contributed by atoms with van der Waals surface area (Å²) in [6, 6.07) is 7.99. The molecule has 0 spiro atoms. The molecule has 0 saturated carbocycles. The molecule has 28 heavy (non-hydrogen) atoms. The standard InChI is InChI=1S/C22H34N4O2/c1-13(2)17-9-10-18(14(3)4)25(17)23-21(27)22(28)24-26-19(15(5)6)11-12-20(26)16(7)8/h9-16H,1-8H3,(H,23,27)(H,24,28). The molecule has 154 valence electrons. The Bertz CT molecular complexity index is 720. The van der Waals surface area contributed by atoms with Crippen molar-refractivity contribution in [3.8, 4) is 0 Å². The van der Waals surface area contributed by atoms with Crippen molar-refractivity contribution in [2.75, 3.05) is 10.9 Å². The molecule has 6 nitrogen and oxygen atoms in total. The zero-order valence-corrected chi connectivity index (χ0v) is 18.3. The third-order valence-electron chi connectivity index (χ3n) is 4.88. The number of rotatable bonds is 6. The number of hydrogen-bond donors (Lipinski definition) is 2. The Kier molecular flexibility index (Phi) is 6.75. The van der Waals surface area contributed by atoms with E-state index in [-0.39, 0.29) is 23.7 Å². The summed E-state index contributed by atoms with van der Waals surface area (Å²) in [4.78, 5) is 25.4. The molecule has 0 aliphatic rings. The van der Waals surface area contributed by atoms with E-state index in [4.69, 9.17) is 0 Å². The first-order valence-corrected chi connectivity index (χ1v) is 10.1. The molecule has 0 fully saturated rings. The molecule has 2 heterocycles. The van der Waals surface area contributed by atoms with E-state index in [0.29, 0.717) is 0 Å². The van der Waals surface area contributed by atoms with Gasteiger partial charge in [0.1, 0.15) is 0 Å². The fourth-order valence-corrected chi connectivity index (χ4v) is 3.30. The number of amides is 2. The average molecular weight is 387 g/mol. The Labute approximate surface area is 168 Å². The largest absolute Gasteiger partial charge is 0.329 e. The van der Waals surface area contributed by atoms with Crippen molar-refractivity contribution in [2.24, 2.45) is 0 Å². The highest BCUT2D eigenvalue weighted by Crippen LogP contribution is 2.24. The Morgan fingerprint density at radius 1 is 0.571 bits per heavy atom. The number of aromatic nitrogens is 2. The minimum atomic E-state index is -0.682. The van der Waals surface area contributed by atoms with Crippen LogP contribution in [-0.2, 0) is 9.59 Å². The van der Waals surface area contributed by atoms with E-state index < -0.39 is 11.8 Å². The quantitative estimate of drug-likeness (QED) is 0.711. The molecule has 2 rings (SSSR count). The van der Waals surface area contributed by atoms with Gasteiger partial charge < -0.3 is 0 Å². The first-order chi connectivity index (χ1) is 13.0. The SMILES string of the molecule is CC(C)c1ccc(C(C)C)n1NC(=O)C(=O)Nn1c(C(C)C)ccc1C(C)C. The van der Waals surface area contributed by atoms with E-state index in [0.717, 1.165) is 22.8 Å². The fraction of sp³-hybridized carbons (Fsp3) is 0.545. The summed E-state index contributed by atoms with van der Waals surface area (Å²) in [5.74, 6) is -0.474. The molecule has 0 aromatic carbocycles. The van der Waals surface area contributed by atoms with E-state index >= 15 is 0 Å². The molecule has 0 aliphatic carbocycles. The van der Waals surface area contributed by atoms with E-state index in [1.165, 1.54) is 0 Å². The van der Waals surface area contributed by atoms with Crippen molar-refractivity contribution in [1.29, 1.82) is 0 Å².